The van der Waals surface area contributed by atoms with Crippen LogP contribution >= 0.6 is 0 Å². The second-order valence-electron chi connectivity index (χ2n) is 6.34. The summed E-state index contributed by atoms with van der Waals surface area (Å²) in [5, 5.41) is 6.47. The van der Waals surface area contributed by atoms with Crippen molar-refractivity contribution >= 4 is 5.91 Å². The van der Waals surface area contributed by atoms with E-state index in [0.29, 0.717) is 6.04 Å². The van der Waals surface area contributed by atoms with Crippen LogP contribution in [0.4, 0.5) is 0 Å². The van der Waals surface area contributed by atoms with Gasteiger partial charge in [-0.2, -0.15) is 0 Å². The van der Waals surface area contributed by atoms with Crippen molar-refractivity contribution < 1.29 is 4.79 Å². The van der Waals surface area contributed by atoms with E-state index in [-0.39, 0.29) is 11.8 Å². The number of hydrogen-bond donors (Lipinski definition) is 2. The molecule has 0 aromatic rings. The van der Waals surface area contributed by atoms with Crippen molar-refractivity contribution in [2.45, 2.75) is 58.4 Å². The molecule has 18 heavy (non-hydrogen) atoms. The molecule has 2 unspecified atom stereocenters. The Morgan fingerprint density at radius 1 is 1.17 bits per heavy atom. The van der Waals surface area contributed by atoms with Crippen LogP contribution in [0.5, 0.6) is 0 Å². The zero-order valence-corrected chi connectivity index (χ0v) is 11.9. The average molecular weight is 252 g/mol. The SMILES string of the molecule is CC1CCC(CCNC(=O)C2CCNC2C)CC1. The zero-order chi connectivity index (χ0) is 13.0. The zero-order valence-electron chi connectivity index (χ0n) is 11.9. The van der Waals surface area contributed by atoms with Crippen molar-refractivity contribution in [2.75, 3.05) is 13.1 Å². The number of hydrogen-bond acceptors (Lipinski definition) is 2. The summed E-state index contributed by atoms with van der Waals surface area (Å²) < 4.78 is 0. The summed E-state index contributed by atoms with van der Waals surface area (Å²) in [6, 6.07) is 0.348. The average Bonchev–Trinajstić information content (AvgIpc) is 2.78. The summed E-state index contributed by atoms with van der Waals surface area (Å²) in [4.78, 5) is 12.0. The first-order chi connectivity index (χ1) is 8.66. The molecule has 1 saturated carbocycles. The van der Waals surface area contributed by atoms with Crippen molar-refractivity contribution in [3.05, 3.63) is 0 Å². The highest BCUT2D eigenvalue weighted by Gasteiger charge is 2.29. The Hall–Kier alpha value is -0.570. The van der Waals surface area contributed by atoms with E-state index >= 15 is 0 Å². The van der Waals surface area contributed by atoms with E-state index in [1.54, 1.807) is 0 Å². The Labute approximate surface area is 111 Å². The van der Waals surface area contributed by atoms with Crippen LogP contribution in [0, 0.1) is 17.8 Å². The minimum absolute atomic E-state index is 0.191. The van der Waals surface area contributed by atoms with E-state index in [0.717, 1.165) is 31.3 Å². The van der Waals surface area contributed by atoms with Crippen molar-refractivity contribution in [2.24, 2.45) is 17.8 Å². The molecule has 0 aromatic heterocycles. The lowest BCUT2D eigenvalue weighted by atomic mass is 9.81. The molecule has 0 spiro atoms. The molecule has 2 atom stereocenters. The van der Waals surface area contributed by atoms with Crippen LogP contribution in [0.25, 0.3) is 0 Å². The molecule has 2 fully saturated rings. The standard InChI is InChI=1S/C15H28N2O/c1-11-3-5-13(6-4-11)7-9-17-15(18)14-8-10-16-12(14)2/h11-14,16H,3-10H2,1-2H3,(H,17,18). The largest absolute Gasteiger partial charge is 0.356 e. The van der Waals surface area contributed by atoms with Gasteiger partial charge in [0.1, 0.15) is 0 Å². The molecule has 0 bridgehead atoms. The number of amides is 1. The van der Waals surface area contributed by atoms with Gasteiger partial charge in [0.15, 0.2) is 0 Å². The lowest BCUT2D eigenvalue weighted by molar-refractivity contribution is -0.125. The highest BCUT2D eigenvalue weighted by atomic mass is 16.1. The Balaban J connectivity index is 1.61. The van der Waals surface area contributed by atoms with Crippen molar-refractivity contribution in [1.82, 2.24) is 10.6 Å². The van der Waals surface area contributed by atoms with Crippen molar-refractivity contribution in [1.29, 1.82) is 0 Å². The summed E-state index contributed by atoms with van der Waals surface area (Å²) in [6.07, 6.45) is 7.64. The smallest absolute Gasteiger partial charge is 0.224 e. The van der Waals surface area contributed by atoms with Crippen LogP contribution in [-0.4, -0.2) is 25.0 Å². The molecule has 2 N–H and O–H groups in total. The predicted molar refractivity (Wildman–Crippen MR) is 74.3 cm³/mol. The fourth-order valence-corrected chi connectivity index (χ4v) is 3.37. The molecule has 104 valence electrons. The molecule has 0 aromatic carbocycles. The second-order valence-corrected chi connectivity index (χ2v) is 6.34. The van der Waals surface area contributed by atoms with Gasteiger partial charge in [-0.15, -0.1) is 0 Å². The third kappa shape index (κ3) is 3.71. The first-order valence-electron chi connectivity index (χ1n) is 7.68. The topological polar surface area (TPSA) is 41.1 Å². The lowest BCUT2D eigenvalue weighted by Crippen LogP contribution is -2.37. The van der Waals surface area contributed by atoms with Gasteiger partial charge in [0.05, 0.1) is 5.92 Å². The summed E-state index contributed by atoms with van der Waals surface area (Å²) in [5.41, 5.74) is 0. The lowest BCUT2D eigenvalue weighted by Gasteiger charge is -2.26. The summed E-state index contributed by atoms with van der Waals surface area (Å²) in [6.45, 7) is 6.33. The van der Waals surface area contributed by atoms with Crippen LogP contribution in [-0.2, 0) is 4.79 Å². The van der Waals surface area contributed by atoms with E-state index in [1.807, 2.05) is 0 Å². The summed E-state index contributed by atoms with van der Waals surface area (Å²) in [5.74, 6) is 2.22. The van der Waals surface area contributed by atoms with E-state index in [4.69, 9.17) is 0 Å². The molecule has 0 radical (unpaired) electrons. The van der Waals surface area contributed by atoms with Gasteiger partial charge in [-0.3, -0.25) is 4.79 Å². The highest BCUT2D eigenvalue weighted by Crippen LogP contribution is 2.29. The highest BCUT2D eigenvalue weighted by molar-refractivity contribution is 5.79. The molecule has 1 aliphatic carbocycles. The number of rotatable bonds is 4. The Morgan fingerprint density at radius 2 is 1.89 bits per heavy atom. The van der Waals surface area contributed by atoms with Crippen LogP contribution in [0.1, 0.15) is 52.4 Å². The van der Waals surface area contributed by atoms with Gasteiger partial charge in [0.2, 0.25) is 5.91 Å². The van der Waals surface area contributed by atoms with E-state index < -0.39 is 0 Å². The van der Waals surface area contributed by atoms with Gasteiger partial charge in [-0.25, -0.2) is 0 Å². The number of nitrogens with one attached hydrogen (secondary N) is 2. The Bertz CT molecular complexity index is 272. The third-order valence-electron chi connectivity index (χ3n) is 4.85. The maximum absolute atomic E-state index is 12.0. The first-order valence-corrected chi connectivity index (χ1v) is 7.68. The van der Waals surface area contributed by atoms with Crippen molar-refractivity contribution in [3.63, 3.8) is 0 Å². The third-order valence-corrected chi connectivity index (χ3v) is 4.85. The quantitative estimate of drug-likeness (QED) is 0.806. The molecular formula is C15H28N2O. The van der Waals surface area contributed by atoms with Gasteiger partial charge in [0.25, 0.3) is 0 Å². The monoisotopic (exact) mass is 252 g/mol. The molecule has 3 nitrogen and oxygen atoms in total. The van der Waals surface area contributed by atoms with Gasteiger partial charge < -0.3 is 10.6 Å². The molecule has 2 aliphatic rings. The molecule has 3 heteroatoms. The van der Waals surface area contributed by atoms with Gasteiger partial charge in [-0.05, 0) is 38.1 Å². The first kappa shape index (κ1) is 13.9. The number of carbonyl (C=O) groups is 1. The second kappa shape index (κ2) is 6.55. The fourth-order valence-electron chi connectivity index (χ4n) is 3.37. The van der Waals surface area contributed by atoms with Crippen LogP contribution in [0.3, 0.4) is 0 Å². The van der Waals surface area contributed by atoms with Crippen LogP contribution in [0.15, 0.2) is 0 Å². The maximum Gasteiger partial charge on any atom is 0.224 e. The molecular weight excluding hydrogens is 224 g/mol. The van der Waals surface area contributed by atoms with Gasteiger partial charge >= 0.3 is 0 Å². The normalized spacial score (nSPS) is 36.6. The van der Waals surface area contributed by atoms with Gasteiger partial charge in [0, 0.05) is 12.6 Å². The minimum atomic E-state index is 0.191. The Kier molecular flexibility index (Phi) is 5.04. The molecule has 1 aliphatic heterocycles. The van der Waals surface area contributed by atoms with Crippen LogP contribution < -0.4 is 10.6 Å². The molecule has 1 saturated heterocycles. The maximum atomic E-state index is 12.0. The minimum Gasteiger partial charge on any atom is -0.356 e. The van der Waals surface area contributed by atoms with Crippen LogP contribution in [0.2, 0.25) is 0 Å². The van der Waals surface area contributed by atoms with Crippen molar-refractivity contribution in [3.8, 4) is 0 Å². The van der Waals surface area contributed by atoms with E-state index in [2.05, 4.69) is 24.5 Å². The molecule has 1 heterocycles. The van der Waals surface area contributed by atoms with Gasteiger partial charge in [-0.1, -0.05) is 32.6 Å². The molecule has 1 amide bonds. The fraction of sp³-hybridized carbons (Fsp3) is 0.933. The predicted octanol–water partition coefficient (Wildman–Crippen LogP) is 2.32. The summed E-state index contributed by atoms with van der Waals surface area (Å²) >= 11 is 0. The van der Waals surface area contributed by atoms with E-state index in [1.165, 1.54) is 32.1 Å². The molecule has 2 rings (SSSR count). The Morgan fingerprint density at radius 3 is 2.50 bits per heavy atom. The summed E-state index contributed by atoms with van der Waals surface area (Å²) in [7, 11) is 0. The van der Waals surface area contributed by atoms with E-state index in [9.17, 15) is 4.79 Å². The number of carbonyl (C=O) groups excluding carboxylic acids is 1.